The van der Waals surface area contributed by atoms with Gasteiger partial charge in [-0.2, -0.15) is 0 Å². The molecule has 1 aliphatic heterocycles. The maximum absolute atomic E-state index is 12.8. The van der Waals surface area contributed by atoms with Gasteiger partial charge in [-0.25, -0.2) is 4.98 Å². The fraction of sp³-hybridized carbons (Fsp3) is 0.391. The summed E-state index contributed by atoms with van der Waals surface area (Å²) in [5, 5.41) is 0.929. The van der Waals surface area contributed by atoms with Gasteiger partial charge < -0.3 is 9.47 Å². The van der Waals surface area contributed by atoms with Crippen LogP contribution in [0.4, 0.5) is 0 Å². The zero-order valence-electron chi connectivity index (χ0n) is 17.1. The van der Waals surface area contributed by atoms with Crippen molar-refractivity contribution < 1.29 is 4.79 Å². The van der Waals surface area contributed by atoms with Crippen LogP contribution in [0.2, 0.25) is 0 Å². The van der Waals surface area contributed by atoms with Crippen LogP contribution >= 0.6 is 11.8 Å². The number of piperazine rings is 1. The van der Waals surface area contributed by atoms with Crippen molar-refractivity contribution in [2.24, 2.45) is 0 Å². The number of aromatic nitrogens is 2. The van der Waals surface area contributed by atoms with Gasteiger partial charge in [-0.05, 0) is 31.5 Å². The monoisotopic (exact) mass is 408 g/mol. The molecule has 1 unspecified atom stereocenters. The lowest BCUT2D eigenvalue weighted by Gasteiger charge is -2.38. The third-order valence-electron chi connectivity index (χ3n) is 5.76. The molecule has 29 heavy (non-hydrogen) atoms. The number of rotatable bonds is 6. The van der Waals surface area contributed by atoms with E-state index in [9.17, 15) is 4.79 Å². The summed E-state index contributed by atoms with van der Waals surface area (Å²) in [5.41, 5.74) is 3.46. The predicted octanol–water partition coefficient (Wildman–Crippen LogP) is 4.05. The fourth-order valence-electron chi connectivity index (χ4n) is 3.99. The number of para-hydroxylation sites is 2. The number of nitrogens with zero attached hydrogens (tertiary/aromatic N) is 4. The van der Waals surface area contributed by atoms with Crippen molar-refractivity contribution in [1.82, 2.24) is 19.4 Å². The van der Waals surface area contributed by atoms with Gasteiger partial charge in [-0.1, -0.05) is 54.2 Å². The summed E-state index contributed by atoms with van der Waals surface area (Å²) in [5.74, 6) is 0.647. The molecular weight excluding hydrogens is 380 g/mol. The molecule has 3 aromatic rings. The van der Waals surface area contributed by atoms with Crippen LogP contribution < -0.4 is 0 Å². The van der Waals surface area contributed by atoms with Gasteiger partial charge in [0.15, 0.2) is 5.16 Å². The number of hydrogen-bond acceptors (Lipinski definition) is 4. The van der Waals surface area contributed by atoms with Crippen molar-refractivity contribution in [3.05, 3.63) is 60.2 Å². The minimum Gasteiger partial charge on any atom is -0.339 e. The van der Waals surface area contributed by atoms with E-state index in [1.165, 1.54) is 5.56 Å². The van der Waals surface area contributed by atoms with Crippen molar-refractivity contribution in [3.8, 4) is 0 Å². The Balaban J connectivity index is 1.33. The molecule has 0 saturated carbocycles. The van der Waals surface area contributed by atoms with Crippen LogP contribution in [0, 0.1) is 0 Å². The molecule has 6 heteroatoms. The number of aryl methyl sites for hydroxylation is 1. The molecule has 4 rings (SSSR count). The standard InChI is InChI=1S/C23H28N4OS/c1-3-27-21-12-8-7-11-20(21)24-23(27)29-17-22(28)26-15-13-25(14-16-26)18(2)19-9-5-4-6-10-19/h4-12,18H,3,13-17H2,1-2H3. The largest absolute Gasteiger partial charge is 0.339 e. The third kappa shape index (κ3) is 4.33. The molecule has 1 aromatic heterocycles. The second-order valence-corrected chi connectivity index (χ2v) is 8.36. The van der Waals surface area contributed by atoms with Crippen LogP contribution in [0.25, 0.3) is 11.0 Å². The Morgan fingerprint density at radius 3 is 2.45 bits per heavy atom. The number of hydrogen-bond donors (Lipinski definition) is 0. The van der Waals surface area contributed by atoms with Crippen molar-refractivity contribution >= 4 is 28.7 Å². The van der Waals surface area contributed by atoms with Crippen molar-refractivity contribution in [1.29, 1.82) is 0 Å². The molecule has 1 aliphatic rings. The van der Waals surface area contributed by atoms with Crippen LogP contribution in [0.15, 0.2) is 59.8 Å². The zero-order valence-corrected chi connectivity index (χ0v) is 17.9. The number of imidazole rings is 1. The summed E-state index contributed by atoms with van der Waals surface area (Å²) >= 11 is 1.55. The van der Waals surface area contributed by atoms with E-state index < -0.39 is 0 Å². The highest BCUT2D eigenvalue weighted by Gasteiger charge is 2.25. The zero-order chi connectivity index (χ0) is 20.2. The van der Waals surface area contributed by atoms with E-state index >= 15 is 0 Å². The van der Waals surface area contributed by atoms with Gasteiger partial charge in [0.2, 0.25) is 5.91 Å². The number of amides is 1. The summed E-state index contributed by atoms with van der Waals surface area (Å²) in [7, 11) is 0. The molecular formula is C23H28N4OS. The minimum absolute atomic E-state index is 0.205. The summed E-state index contributed by atoms with van der Waals surface area (Å²) in [6, 6.07) is 19.1. The van der Waals surface area contributed by atoms with Crippen LogP contribution in [0.5, 0.6) is 0 Å². The lowest BCUT2D eigenvalue weighted by Crippen LogP contribution is -2.49. The van der Waals surface area contributed by atoms with Gasteiger partial charge in [0.25, 0.3) is 0 Å². The first-order valence-corrected chi connectivity index (χ1v) is 11.3. The fourth-order valence-corrected chi connectivity index (χ4v) is 4.97. The maximum atomic E-state index is 12.8. The topological polar surface area (TPSA) is 41.4 Å². The highest BCUT2D eigenvalue weighted by atomic mass is 32.2. The molecule has 2 heterocycles. The molecule has 1 saturated heterocycles. The molecule has 1 fully saturated rings. The second-order valence-electron chi connectivity index (χ2n) is 7.42. The summed E-state index contributed by atoms with van der Waals surface area (Å²) < 4.78 is 2.19. The van der Waals surface area contributed by atoms with Crippen molar-refractivity contribution in [2.45, 2.75) is 31.6 Å². The highest BCUT2D eigenvalue weighted by Crippen LogP contribution is 2.25. The van der Waals surface area contributed by atoms with Gasteiger partial charge in [0.05, 0.1) is 16.8 Å². The Hall–Kier alpha value is -2.31. The van der Waals surface area contributed by atoms with Crippen molar-refractivity contribution in [3.63, 3.8) is 0 Å². The van der Waals surface area contributed by atoms with Gasteiger partial charge in [0, 0.05) is 38.8 Å². The average Bonchev–Trinajstić information content (AvgIpc) is 3.15. The van der Waals surface area contributed by atoms with Gasteiger partial charge in [0.1, 0.15) is 0 Å². The Morgan fingerprint density at radius 1 is 1.03 bits per heavy atom. The van der Waals surface area contributed by atoms with E-state index in [0.717, 1.165) is 48.9 Å². The lowest BCUT2D eigenvalue weighted by molar-refractivity contribution is -0.130. The number of thioether (sulfide) groups is 1. The maximum Gasteiger partial charge on any atom is 0.233 e. The minimum atomic E-state index is 0.205. The normalized spacial score (nSPS) is 16.3. The molecule has 0 radical (unpaired) electrons. The summed E-state index contributed by atoms with van der Waals surface area (Å²) in [4.78, 5) is 22.0. The first-order valence-electron chi connectivity index (χ1n) is 10.3. The van der Waals surface area contributed by atoms with E-state index in [1.54, 1.807) is 11.8 Å². The van der Waals surface area contributed by atoms with E-state index in [-0.39, 0.29) is 5.91 Å². The second kappa shape index (κ2) is 9.01. The van der Waals surface area contributed by atoms with Gasteiger partial charge >= 0.3 is 0 Å². The van der Waals surface area contributed by atoms with E-state index in [0.29, 0.717) is 11.8 Å². The van der Waals surface area contributed by atoms with Crippen LogP contribution in [0.1, 0.15) is 25.5 Å². The third-order valence-corrected chi connectivity index (χ3v) is 6.72. The first kappa shape index (κ1) is 20.0. The molecule has 152 valence electrons. The summed E-state index contributed by atoms with van der Waals surface area (Å²) in [6.07, 6.45) is 0. The molecule has 0 N–H and O–H groups in total. The quantitative estimate of drug-likeness (QED) is 0.577. The predicted molar refractivity (Wildman–Crippen MR) is 119 cm³/mol. The molecule has 5 nitrogen and oxygen atoms in total. The smallest absolute Gasteiger partial charge is 0.233 e. The average molecular weight is 409 g/mol. The Kier molecular flexibility index (Phi) is 6.21. The highest BCUT2D eigenvalue weighted by molar-refractivity contribution is 7.99. The van der Waals surface area contributed by atoms with E-state index in [4.69, 9.17) is 4.98 Å². The van der Waals surface area contributed by atoms with Gasteiger partial charge in [-0.3, -0.25) is 9.69 Å². The van der Waals surface area contributed by atoms with Crippen LogP contribution in [-0.2, 0) is 11.3 Å². The number of carbonyl (C=O) groups excluding carboxylic acids is 1. The molecule has 1 amide bonds. The van der Waals surface area contributed by atoms with Crippen molar-refractivity contribution in [2.75, 3.05) is 31.9 Å². The Labute approximate surface area is 176 Å². The molecule has 0 spiro atoms. The number of fused-ring (bicyclic) bond motifs is 1. The van der Waals surface area contributed by atoms with E-state index in [2.05, 4.69) is 59.7 Å². The first-order chi connectivity index (χ1) is 14.2. The molecule has 0 bridgehead atoms. The van der Waals surface area contributed by atoms with E-state index in [1.807, 2.05) is 23.1 Å². The number of carbonyl (C=O) groups is 1. The summed E-state index contributed by atoms with van der Waals surface area (Å²) in [6.45, 7) is 8.64. The van der Waals surface area contributed by atoms with Gasteiger partial charge in [-0.15, -0.1) is 0 Å². The number of benzene rings is 2. The lowest BCUT2D eigenvalue weighted by atomic mass is 10.1. The molecule has 2 aromatic carbocycles. The van der Waals surface area contributed by atoms with Crippen LogP contribution in [0.3, 0.4) is 0 Å². The Bertz CT molecular complexity index is 963. The Morgan fingerprint density at radius 2 is 1.72 bits per heavy atom. The van der Waals surface area contributed by atoms with Crippen LogP contribution in [-0.4, -0.2) is 57.2 Å². The SMILES string of the molecule is CCn1c(SCC(=O)N2CCN(C(C)c3ccccc3)CC2)nc2ccccc21. The molecule has 1 atom stereocenters. The molecule has 0 aliphatic carbocycles.